The molecule has 0 saturated carbocycles. The molecule has 1 amide bonds. The van der Waals surface area contributed by atoms with Crippen LogP contribution in [-0.4, -0.2) is 31.1 Å². The summed E-state index contributed by atoms with van der Waals surface area (Å²) in [5, 5.41) is 2.76. The molecule has 1 N–H and O–H groups in total. The van der Waals surface area contributed by atoms with E-state index in [-0.39, 0.29) is 30.7 Å². The number of ketones is 1. The van der Waals surface area contributed by atoms with E-state index in [1.807, 2.05) is 0 Å². The number of hydrogen-bond donors (Lipinski definition) is 1. The minimum absolute atomic E-state index is 0.0331. The Morgan fingerprint density at radius 1 is 1.00 bits per heavy atom. The molecule has 0 aliphatic carbocycles. The van der Waals surface area contributed by atoms with Crippen LogP contribution in [0.25, 0.3) is 0 Å². The smallest absolute Gasteiger partial charge is 0.338 e. The molecular weight excluding hydrogens is 338 g/mol. The fourth-order valence-corrected chi connectivity index (χ4v) is 2.88. The highest BCUT2D eigenvalue weighted by atomic mass is 16.7. The van der Waals surface area contributed by atoms with E-state index in [0.717, 1.165) is 11.3 Å². The second-order valence-corrected chi connectivity index (χ2v) is 5.99. The first kappa shape index (κ1) is 16.1. The van der Waals surface area contributed by atoms with Crippen molar-refractivity contribution in [3.8, 4) is 11.5 Å². The van der Waals surface area contributed by atoms with Gasteiger partial charge in [-0.3, -0.25) is 9.59 Å². The Bertz CT molecular complexity index is 920. The van der Waals surface area contributed by atoms with Gasteiger partial charge in [0, 0.05) is 17.7 Å². The zero-order valence-corrected chi connectivity index (χ0v) is 13.7. The highest BCUT2D eigenvalue weighted by molar-refractivity contribution is 6.01. The number of amides is 1. The van der Waals surface area contributed by atoms with Crippen molar-refractivity contribution in [1.82, 2.24) is 0 Å². The Morgan fingerprint density at radius 3 is 2.69 bits per heavy atom. The Morgan fingerprint density at radius 2 is 1.81 bits per heavy atom. The van der Waals surface area contributed by atoms with Gasteiger partial charge in [-0.1, -0.05) is 0 Å². The van der Waals surface area contributed by atoms with Crippen LogP contribution in [0.3, 0.4) is 0 Å². The first-order valence-electron chi connectivity index (χ1n) is 8.13. The van der Waals surface area contributed by atoms with Gasteiger partial charge in [0.15, 0.2) is 23.9 Å². The summed E-state index contributed by atoms with van der Waals surface area (Å²) >= 11 is 0. The second kappa shape index (κ2) is 6.51. The zero-order valence-electron chi connectivity index (χ0n) is 13.7. The van der Waals surface area contributed by atoms with E-state index in [9.17, 15) is 14.4 Å². The standard InChI is InChI=1S/C19H15NO6/c21-15(12-1-4-14-11(7-12)3-6-18(22)20-14)9-24-19(23)13-2-5-16-17(8-13)26-10-25-16/h1-2,4-5,7-8H,3,6,9-10H2,(H,20,22). The Kier molecular flexibility index (Phi) is 4.04. The van der Waals surface area contributed by atoms with Gasteiger partial charge in [0.2, 0.25) is 12.7 Å². The number of carbonyl (C=O) groups is 3. The first-order valence-corrected chi connectivity index (χ1v) is 8.13. The van der Waals surface area contributed by atoms with Crippen molar-refractivity contribution in [3.63, 3.8) is 0 Å². The lowest BCUT2D eigenvalue weighted by atomic mass is 9.99. The lowest BCUT2D eigenvalue weighted by molar-refractivity contribution is -0.116. The maximum Gasteiger partial charge on any atom is 0.338 e. The fraction of sp³-hybridized carbons (Fsp3) is 0.211. The van der Waals surface area contributed by atoms with Gasteiger partial charge >= 0.3 is 5.97 Å². The molecule has 0 spiro atoms. The van der Waals surface area contributed by atoms with E-state index < -0.39 is 5.97 Å². The van der Waals surface area contributed by atoms with Gasteiger partial charge < -0.3 is 19.5 Å². The van der Waals surface area contributed by atoms with Crippen molar-refractivity contribution in [2.24, 2.45) is 0 Å². The Labute approximate surface area is 148 Å². The number of carbonyl (C=O) groups excluding carboxylic acids is 3. The molecule has 0 saturated heterocycles. The number of rotatable bonds is 4. The third-order valence-corrected chi connectivity index (χ3v) is 4.27. The summed E-state index contributed by atoms with van der Waals surface area (Å²) in [6, 6.07) is 9.74. The molecule has 2 aromatic rings. The number of nitrogens with one attached hydrogen (secondary N) is 1. The van der Waals surface area contributed by atoms with Crippen molar-refractivity contribution in [1.29, 1.82) is 0 Å². The number of hydrogen-bond acceptors (Lipinski definition) is 6. The van der Waals surface area contributed by atoms with Crippen LogP contribution >= 0.6 is 0 Å². The second-order valence-electron chi connectivity index (χ2n) is 5.99. The SMILES string of the molecule is O=C1CCc2cc(C(=O)COC(=O)c3ccc4c(c3)OCO4)ccc2N1. The molecule has 0 fully saturated rings. The van der Waals surface area contributed by atoms with Crippen molar-refractivity contribution < 1.29 is 28.6 Å². The average molecular weight is 353 g/mol. The largest absolute Gasteiger partial charge is 0.454 e. The summed E-state index contributed by atoms with van der Waals surface area (Å²) in [5.74, 6) is 0.0937. The van der Waals surface area contributed by atoms with Crippen molar-refractivity contribution in [2.75, 3.05) is 18.7 Å². The van der Waals surface area contributed by atoms with Gasteiger partial charge in [0.05, 0.1) is 5.56 Å². The maximum absolute atomic E-state index is 12.3. The van der Waals surface area contributed by atoms with Crippen LogP contribution in [0.4, 0.5) is 5.69 Å². The summed E-state index contributed by atoms with van der Waals surface area (Å²) in [4.78, 5) is 35.8. The van der Waals surface area contributed by atoms with Crippen LogP contribution in [0, 0.1) is 0 Å². The van der Waals surface area contributed by atoms with E-state index in [4.69, 9.17) is 14.2 Å². The predicted molar refractivity (Wildman–Crippen MR) is 90.6 cm³/mol. The summed E-state index contributed by atoms with van der Waals surface area (Å²) in [6.07, 6.45) is 0.975. The molecule has 7 nitrogen and oxygen atoms in total. The number of esters is 1. The number of anilines is 1. The topological polar surface area (TPSA) is 90.9 Å². The molecule has 0 radical (unpaired) electrons. The fourth-order valence-electron chi connectivity index (χ4n) is 2.88. The molecule has 0 bridgehead atoms. The zero-order chi connectivity index (χ0) is 18.1. The quantitative estimate of drug-likeness (QED) is 0.670. The lowest BCUT2D eigenvalue weighted by Gasteiger charge is -2.17. The molecule has 2 aliphatic rings. The number of aryl methyl sites for hydroxylation is 1. The molecule has 0 aromatic heterocycles. The summed E-state index contributed by atoms with van der Waals surface area (Å²) in [7, 11) is 0. The molecule has 4 rings (SSSR count). The molecule has 2 heterocycles. The summed E-state index contributed by atoms with van der Waals surface area (Å²) in [6.45, 7) is -0.247. The van der Waals surface area contributed by atoms with Crippen molar-refractivity contribution in [2.45, 2.75) is 12.8 Å². The Balaban J connectivity index is 1.41. The van der Waals surface area contributed by atoms with Gasteiger partial charge in [0.1, 0.15) is 0 Å². The predicted octanol–water partition coefficient (Wildman–Crippen LogP) is 2.34. The Hall–Kier alpha value is -3.35. The molecule has 7 heteroatoms. The van der Waals surface area contributed by atoms with Crippen LogP contribution in [0.1, 0.15) is 32.7 Å². The highest BCUT2D eigenvalue weighted by Crippen LogP contribution is 2.32. The molecule has 26 heavy (non-hydrogen) atoms. The summed E-state index contributed by atoms with van der Waals surface area (Å²) < 4.78 is 15.5. The van der Waals surface area contributed by atoms with Gasteiger partial charge in [-0.2, -0.15) is 0 Å². The first-order chi connectivity index (χ1) is 12.6. The third-order valence-electron chi connectivity index (χ3n) is 4.27. The van der Waals surface area contributed by atoms with E-state index in [1.165, 1.54) is 6.07 Å². The molecule has 0 unspecified atom stereocenters. The monoisotopic (exact) mass is 353 g/mol. The van der Waals surface area contributed by atoms with E-state index in [1.54, 1.807) is 30.3 Å². The molecule has 2 aromatic carbocycles. The number of ether oxygens (including phenoxy) is 3. The number of benzene rings is 2. The van der Waals surface area contributed by atoms with Gasteiger partial charge in [-0.15, -0.1) is 0 Å². The van der Waals surface area contributed by atoms with Gasteiger partial charge in [-0.25, -0.2) is 4.79 Å². The van der Waals surface area contributed by atoms with Crippen LogP contribution in [0.5, 0.6) is 11.5 Å². The average Bonchev–Trinajstić information content (AvgIpc) is 3.13. The lowest BCUT2D eigenvalue weighted by Crippen LogP contribution is -2.20. The number of fused-ring (bicyclic) bond motifs is 2. The van der Waals surface area contributed by atoms with E-state index in [2.05, 4.69) is 5.32 Å². The molecule has 2 aliphatic heterocycles. The van der Waals surface area contributed by atoms with E-state index >= 15 is 0 Å². The third kappa shape index (κ3) is 3.11. The molecule has 132 valence electrons. The van der Waals surface area contributed by atoms with Gasteiger partial charge in [0.25, 0.3) is 0 Å². The minimum atomic E-state index is -0.609. The van der Waals surface area contributed by atoms with Crippen LogP contribution < -0.4 is 14.8 Å². The summed E-state index contributed by atoms with van der Waals surface area (Å²) in [5.41, 5.74) is 2.35. The van der Waals surface area contributed by atoms with Crippen LogP contribution in [-0.2, 0) is 16.0 Å². The normalized spacial score (nSPS) is 14.4. The number of Topliss-reactive ketones (excluding diaryl/α,β-unsaturated/α-hetero) is 1. The minimum Gasteiger partial charge on any atom is -0.454 e. The highest BCUT2D eigenvalue weighted by Gasteiger charge is 2.19. The molecule has 0 atom stereocenters. The van der Waals surface area contributed by atoms with Crippen LogP contribution in [0.15, 0.2) is 36.4 Å². The molecular formula is C19H15NO6. The van der Waals surface area contributed by atoms with E-state index in [0.29, 0.717) is 29.9 Å². The van der Waals surface area contributed by atoms with Crippen LogP contribution in [0.2, 0.25) is 0 Å². The van der Waals surface area contributed by atoms with Crippen molar-refractivity contribution in [3.05, 3.63) is 53.1 Å². The van der Waals surface area contributed by atoms with Gasteiger partial charge in [-0.05, 0) is 48.4 Å². The maximum atomic E-state index is 12.3. The van der Waals surface area contributed by atoms with Crippen molar-refractivity contribution >= 4 is 23.3 Å².